The van der Waals surface area contributed by atoms with E-state index in [1.54, 1.807) is 13.2 Å². The van der Waals surface area contributed by atoms with E-state index in [-0.39, 0.29) is 6.10 Å². The van der Waals surface area contributed by atoms with E-state index in [1.165, 1.54) is 0 Å². The van der Waals surface area contributed by atoms with Gasteiger partial charge in [-0.1, -0.05) is 22.0 Å². The number of methoxy groups -OCH3 is 1. The minimum absolute atomic E-state index is 0.134. The molecule has 0 aromatic heterocycles. The lowest BCUT2D eigenvalue weighted by atomic mass is 10.3. The monoisotopic (exact) mass is 178 g/mol. The summed E-state index contributed by atoms with van der Waals surface area (Å²) in [6.07, 6.45) is 1.91. The molecule has 0 spiro atoms. The van der Waals surface area contributed by atoms with Crippen LogP contribution in [0.25, 0.3) is 0 Å². The van der Waals surface area contributed by atoms with Crippen molar-refractivity contribution in [3.8, 4) is 0 Å². The summed E-state index contributed by atoms with van der Waals surface area (Å²) in [5, 5.41) is 0. The number of ether oxygens (including phenoxy) is 1. The highest BCUT2D eigenvalue weighted by atomic mass is 79.9. The average molecular weight is 179 g/mol. The molecule has 0 amide bonds. The lowest BCUT2D eigenvalue weighted by Gasteiger charge is -2.11. The predicted octanol–water partition coefficient (Wildman–Crippen LogP) is 1.97. The van der Waals surface area contributed by atoms with Gasteiger partial charge in [-0.2, -0.15) is 0 Å². The molecule has 0 radical (unpaired) electrons. The molecule has 0 aromatic rings. The van der Waals surface area contributed by atoms with Gasteiger partial charge in [0.1, 0.15) is 0 Å². The molecule has 2 heteroatoms. The maximum atomic E-state index is 5.00. The predicted molar refractivity (Wildman–Crippen MR) is 39.4 cm³/mol. The van der Waals surface area contributed by atoms with Gasteiger partial charge in [-0.3, -0.25) is 0 Å². The second-order valence-electron chi connectivity index (χ2n) is 1.61. The Hall–Kier alpha value is 0.180. The van der Waals surface area contributed by atoms with Crippen LogP contribution >= 0.6 is 15.9 Å². The molecule has 2 atom stereocenters. The molecule has 0 aromatic carbocycles. The molecular weight excluding hydrogens is 168 g/mol. The standard InChI is InChI=1S/C6H11BrO/c1-4-6(8-3)5(2)7/h4-6H,1H2,2-3H3. The van der Waals surface area contributed by atoms with Gasteiger partial charge in [0.2, 0.25) is 0 Å². The lowest BCUT2D eigenvalue weighted by Crippen LogP contribution is -2.16. The van der Waals surface area contributed by atoms with Crippen LogP contribution in [0.5, 0.6) is 0 Å². The van der Waals surface area contributed by atoms with Crippen LogP contribution in [0.3, 0.4) is 0 Å². The van der Waals surface area contributed by atoms with Gasteiger partial charge >= 0.3 is 0 Å². The van der Waals surface area contributed by atoms with Crippen LogP contribution in [-0.4, -0.2) is 18.0 Å². The van der Waals surface area contributed by atoms with Gasteiger partial charge < -0.3 is 4.74 Å². The van der Waals surface area contributed by atoms with E-state index in [2.05, 4.69) is 22.5 Å². The number of hydrogen-bond acceptors (Lipinski definition) is 1. The molecule has 0 saturated carbocycles. The highest BCUT2D eigenvalue weighted by molar-refractivity contribution is 9.09. The van der Waals surface area contributed by atoms with Crippen molar-refractivity contribution in [3.63, 3.8) is 0 Å². The average Bonchev–Trinajstić information content (AvgIpc) is 1.69. The normalized spacial score (nSPS) is 17.4. The van der Waals surface area contributed by atoms with Crippen LogP contribution in [0.2, 0.25) is 0 Å². The van der Waals surface area contributed by atoms with Crippen molar-refractivity contribution in [2.24, 2.45) is 0 Å². The minimum Gasteiger partial charge on any atom is -0.376 e. The zero-order chi connectivity index (χ0) is 6.57. The highest BCUT2D eigenvalue weighted by Gasteiger charge is 2.06. The van der Waals surface area contributed by atoms with E-state index >= 15 is 0 Å². The van der Waals surface area contributed by atoms with Crippen molar-refractivity contribution in [3.05, 3.63) is 12.7 Å². The second-order valence-corrected chi connectivity index (χ2v) is 3.06. The summed E-state index contributed by atoms with van der Waals surface area (Å²) >= 11 is 3.36. The zero-order valence-electron chi connectivity index (χ0n) is 5.23. The first-order valence-corrected chi connectivity index (χ1v) is 3.43. The molecule has 2 unspecified atom stereocenters. The topological polar surface area (TPSA) is 9.23 Å². The largest absolute Gasteiger partial charge is 0.376 e. The maximum Gasteiger partial charge on any atom is 0.0871 e. The minimum atomic E-state index is 0.134. The summed E-state index contributed by atoms with van der Waals surface area (Å²) in [4.78, 5) is 0.352. The molecule has 0 saturated heterocycles. The van der Waals surface area contributed by atoms with Gasteiger partial charge in [-0.25, -0.2) is 0 Å². The Balaban J connectivity index is 3.51. The van der Waals surface area contributed by atoms with Gasteiger partial charge in [0.25, 0.3) is 0 Å². The molecule has 0 fully saturated rings. The summed E-state index contributed by atoms with van der Waals surface area (Å²) in [5.41, 5.74) is 0. The molecule has 48 valence electrons. The number of hydrogen-bond donors (Lipinski definition) is 0. The third kappa shape index (κ3) is 2.48. The molecular formula is C6H11BrO. The molecule has 8 heavy (non-hydrogen) atoms. The van der Waals surface area contributed by atoms with Crippen LogP contribution in [0.15, 0.2) is 12.7 Å². The van der Waals surface area contributed by atoms with Crippen LogP contribution in [0.1, 0.15) is 6.92 Å². The van der Waals surface area contributed by atoms with Gasteiger partial charge in [-0.05, 0) is 6.92 Å². The third-order valence-electron chi connectivity index (χ3n) is 0.957. The van der Waals surface area contributed by atoms with E-state index in [9.17, 15) is 0 Å². The van der Waals surface area contributed by atoms with Gasteiger partial charge in [0, 0.05) is 11.9 Å². The van der Waals surface area contributed by atoms with Crippen LogP contribution in [0, 0.1) is 0 Å². The van der Waals surface area contributed by atoms with Gasteiger partial charge in [0.15, 0.2) is 0 Å². The molecule has 1 nitrogen and oxygen atoms in total. The Bertz CT molecular complexity index is 70.9. The number of alkyl halides is 1. The molecule has 0 aliphatic carbocycles. The molecule has 0 rings (SSSR count). The Morgan fingerprint density at radius 1 is 1.75 bits per heavy atom. The number of halogens is 1. The third-order valence-corrected chi connectivity index (χ3v) is 1.48. The van der Waals surface area contributed by atoms with E-state index < -0.39 is 0 Å². The molecule has 0 bridgehead atoms. The van der Waals surface area contributed by atoms with Crippen LogP contribution < -0.4 is 0 Å². The van der Waals surface area contributed by atoms with Crippen molar-refractivity contribution < 1.29 is 4.74 Å². The summed E-state index contributed by atoms with van der Waals surface area (Å²) in [6, 6.07) is 0. The Morgan fingerprint density at radius 3 is 2.25 bits per heavy atom. The summed E-state index contributed by atoms with van der Waals surface area (Å²) in [5.74, 6) is 0. The SMILES string of the molecule is C=CC(OC)C(C)Br. The Kier molecular flexibility index (Phi) is 4.19. The molecule has 0 aliphatic heterocycles. The van der Waals surface area contributed by atoms with E-state index in [4.69, 9.17) is 4.74 Å². The highest BCUT2D eigenvalue weighted by Crippen LogP contribution is 2.07. The Labute approximate surface area is 58.9 Å². The van der Waals surface area contributed by atoms with Crippen molar-refractivity contribution in [1.29, 1.82) is 0 Å². The summed E-state index contributed by atoms with van der Waals surface area (Å²) in [6.45, 7) is 5.62. The molecule has 0 heterocycles. The zero-order valence-corrected chi connectivity index (χ0v) is 6.81. The fraction of sp³-hybridized carbons (Fsp3) is 0.667. The first-order valence-electron chi connectivity index (χ1n) is 2.51. The van der Waals surface area contributed by atoms with Crippen LogP contribution in [0.4, 0.5) is 0 Å². The molecule has 0 N–H and O–H groups in total. The lowest BCUT2D eigenvalue weighted by molar-refractivity contribution is 0.144. The fourth-order valence-corrected chi connectivity index (χ4v) is 0.903. The maximum absolute atomic E-state index is 5.00. The van der Waals surface area contributed by atoms with E-state index in [1.807, 2.05) is 6.92 Å². The van der Waals surface area contributed by atoms with E-state index in [0.717, 1.165) is 0 Å². The first-order chi connectivity index (χ1) is 3.72. The number of rotatable bonds is 3. The summed E-state index contributed by atoms with van der Waals surface area (Å²) < 4.78 is 5.00. The van der Waals surface area contributed by atoms with E-state index in [0.29, 0.717) is 4.83 Å². The van der Waals surface area contributed by atoms with Crippen molar-refractivity contribution in [2.45, 2.75) is 17.9 Å². The second kappa shape index (κ2) is 4.10. The summed E-state index contributed by atoms with van der Waals surface area (Å²) in [7, 11) is 1.67. The van der Waals surface area contributed by atoms with Crippen LogP contribution in [-0.2, 0) is 4.74 Å². The quantitative estimate of drug-likeness (QED) is 0.475. The van der Waals surface area contributed by atoms with Crippen molar-refractivity contribution >= 4 is 15.9 Å². The van der Waals surface area contributed by atoms with Crippen molar-refractivity contribution in [1.82, 2.24) is 0 Å². The van der Waals surface area contributed by atoms with Crippen molar-refractivity contribution in [2.75, 3.05) is 7.11 Å². The smallest absolute Gasteiger partial charge is 0.0871 e. The van der Waals surface area contributed by atoms with Gasteiger partial charge in [-0.15, -0.1) is 6.58 Å². The molecule has 0 aliphatic rings. The van der Waals surface area contributed by atoms with Gasteiger partial charge in [0.05, 0.1) is 6.10 Å². The Morgan fingerprint density at radius 2 is 2.25 bits per heavy atom. The first kappa shape index (κ1) is 8.18. The fourth-order valence-electron chi connectivity index (χ4n) is 0.471.